The number of alkyl halides is 7. The van der Waals surface area contributed by atoms with Gasteiger partial charge in [-0.3, -0.25) is 0 Å². The summed E-state index contributed by atoms with van der Waals surface area (Å²) in [6.45, 7) is 22.8. The number of rotatable bonds is 8. The SMILES string of the molecule is CC1CCC(C2CCC(C3CCC(C)C(C)C3)C(F)C2)C(F)C1.CC1CCC(C2CCC(C3CCC(C)C(C)C3)C(F)C2)CC1.CC1CCC(C2CCC(C3CCC(C)C(F)C3)CC2F)CC1.CC1CCC(C2CCC(C3CCC(C)CC3F)CC2F)CC1.O.O.O.O.O.O.O.O.O.O.O.O. The van der Waals surface area contributed by atoms with E-state index < -0.39 is 43.2 Å². The predicted molar refractivity (Wildman–Crippen MR) is 405 cm³/mol. The van der Waals surface area contributed by atoms with Crippen molar-refractivity contribution in [3.05, 3.63) is 0 Å². The van der Waals surface area contributed by atoms with Gasteiger partial charge >= 0.3 is 0 Å². The van der Waals surface area contributed by atoms with Crippen LogP contribution in [0.2, 0.25) is 0 Å². The monoisotopic (exact) mass is 1480 g/mol. The van der Waals surface area contributed by atoms with Crippen molar-refractivity contribution in [3.63, 3.8) is 0 Å². The van der Waals surface area contributed by atoms with Gasteiger partial charge in [-0.2, -0.15) is 0 Å². The van der Waals surface area contributed by atoms with Gasteiger partial charge in [0.05, 0.1) is 0 Å². The fraction of sp³-hybridized carbons (Fsp3) is 1.00. The van der Waals surface area contributed by atoms with Crippen LogP contribution in [-0.2, 0) is 0 Å². The Hall–Kier alpha value is -0.970. The fourth-order valence-electron chi connectivity index (χ4n) is 23.0. The van der Waals surface area contributed by atoms with Gasteiger partial charge in [0.2, 0.25) is 0 Å². The minimum Gasteiger partial charge on any atom is -0.412 e. The van der Waals surface area contributed by atoms with Crippen LogP contribution < -0.4 is 0 Å². The second-order valence-electron chi connectivity index (χ2n) is 36.4. The summed E-state index contributed by atoms with van der Waals surface area (Å²) in [4.78, 5) is 0. The highest BCUT2D eigenvalue weighted by molar-refractivity contribution is 4.97. The Morgan fingerprint density at radius 1 is 0.139 bits per heavy atom. The maximum Gasteiger partial charge on any atom is 0.103 e. The lowest BCUT2D eigenvalue weighted by molar-refractivity contribution is 0.00324. The van der Waals surface area contributed by atoms with Crippen molar-refractivity contribution >= 4 is 0 Å². The van der Waals surface area contributed by atoms with Gasteiger partial charge in [-0.05, 0) is 340 Å². The Morgan fingerprint density at radius 2 is 0.327 bits per heavy atom. The highest BCUT2D eigenvalue weighted by atomic mass is 19.2. The molecule has 0 aromatic heterocycles. The second-order valence-corrected chi connectivity index (χ2v) is 36.4. The topological polar surface area (TPSA) is 378 Å². The molecule has 12 aliphatic carbocycles. The molecule has 27 unspecified atom stereocenters. The third-order valence-corrected chi connectivity index (χ3v) is 30.2. The molecular weight excluding hydrogens is 1310 g/mol. The van der Waals surface area contributed by atoms with Crippen molar-refractivity contribution in [1.82, 2.24) is 0 Å². The lowest BCUT2D eigenvalue weighted by Crippen LogP contribution is -2.40. The summed E-state index contributed by atoms with van der Waals surface area (Å²) in [5.74, 6) is 14.2. The summed E-state index contributed by atoms with van der Waals surface area (Å²) < 4.78 is 102. The van der Waals surface area contributed by atoms with E-state index in [-0.39, 0.29) is 95.3 Å². The van der Waals surface area contributed by atoms with Gasteiger partial charge in [0.15, 0.2) is 0 Å². The average Bonchev–Trinajstić information content (AvgIpc) is 0.825. The number of halogens is 7. The molecule has 19 heteroatoms. The molecule has 0 aromatic carbocycles. The van der Waals surface area contributed by atoms with Crippen molar-refractivity contribution < 1.29 is 96.4 Å². The normalized spacial score (nSPS) is 45.1. The first kappa shape index (κ1) is 106. The van der Waals surface area contributed by atoms with E-state index in [1.807, 2.05) is 6.92 Å². The van der Waals surface area contributed by atoms with Crippen molar-refractivity contribution in [2.45, 2.75) is 363 Å². The summed E-state index contributed by atoms with van der Waals surface area (Å²) in [6, 6.07) is 0. The van der Waals surface area contributed by atoms with Gasteiger partial charge in [-0.25, -0.2) is 30.7 Å². The Labute approximate surface area is 610 Å². The zero-order valence-corrected chi connectivity index (χ0v) is 65.3. The first-order chi connectivity index (χ1) is 42.6. The van der Waals surface area contributed by atoms with E-state index in [2.05, 4.69) is 62.3 Å². The molecule has 24 N–H and O–H groups in total. The highest BCUT2D eigenvalue weighted by Gasteiger charge is 2.47. The van der Waals surface area contributed by atoms with Gasteiger partial charge in [0.25, 0.3) is 0 Å². The molecule has 12 rings (SSSR count). The van der Waals surface area contributed by atoms with Gasteiger partial charge in [-0.1, -0.05) is 133 Å². The molecule has 12 saturated carbocycles. The summed E-state index contributed by atoms with van der Waals surface area (Å²) in [7, 11) is 0. The van der Waals surface area contributed by atoms with Gasteiger partial charge in [0.1, 0.15) is 43.2 Å². The maximum atomic E-state index is 14.9. The second kappa shape index (κ2) is 50.7. The minimum absolute atomic E-state index is 0. The zero-order chi connectivity index (χ0) is 63.6. The van der Waals surface area contributed by atoms with E-state index in [9.17, 15) is 30.7 Å². The third-order valence-electron chi connectivity index (χ3n) is 30.2. The van der Waals surface area contributed by atoms with Crippen LogP contribution in [0.5, 0.6) is 0 Å². The Balaban J connectivity index is -0.000000597. The molecule has 614 valence electrons. The molecule has 0 saturated heterocycles. The molecular formula is C82H165F7O12. The van der Waals surface area contributed by atoms with Crippen LogP contribution >= 0.6 is 0 Å². The molecule has 0 radical (unpaired) electrons. The van der Waals surface area contributed by atoms with Crippen molar-refractivity contribution in [2.24, 2.45) is 154 Å². The van der Waals surface area contributed by atoms with Gasteiger partial charge in [0, 0.05) is 0 Å². The van der Waals surface area contributed by atoms with Crippen molar-refractivity contribution in [3.8, 4) is 0 Å². The van der Waals surface area contributed by atoms with Crippen LogP contribution in [0.15, 0.2) is 0 Å². The zero-order valence-electron chi connectivity index (χ0n) is 65.3. The average molecular weight is 1480 g/mol. The molecule has 0 spiro atoms. The van der Waals surface area contributed by atoms with Crippen LogP contribution in [-0.4, -0.2) is 109 Å². The first-order valence-electron chi connectivity index (χ1n) is 40.1. The Kier molecular flexibility index (Phi) is 53.4. The Bertz CT molecular complexity index is 2030. The fourth-order valence-corrected chi connectivity index (χ4v) is 23.0. The lowest BCUT2D eigenvalue weighted by Gasteiger charge is -2.44. The molecule has 0 aromatic rings. The standard InChI is InChI=1S/C21H36F2.C21H37F.2C20H34F2.12H2O/c1-13-4-8-18(20(22)10-13)17-7-9-19(21(23)12-17)16-6-5-14(2)15(3)11-16;1-14-4-7-17(8-5-14)18-10-11-20(21(22)13-18)19-9-6-15(2)16(3)12-19;1-13-3-6-15(7-4-13)17-10-8-16(12-20(17)22)18-9-5-14(2)11-19(18)21;1-13-3-6-15(7-4-13)18-10-9-17(12-20(18)22)16-8-5-14(2)19(21)11-16;;;;;;;;;;;;/h13-21H,4-12H2,1-3H3;14-21H,4-13H2,1-3H3;2*13-20H,3-12H2,1-2H3;12*1H2. The smallest absolute Gasteiger partial charge is 0.103 e. The molecule has 12 aliphatic rings. The van der Waals surface area contributed by atoms with E-state index in [4.69, 9.17) is 0 Å². The molecule has 12 nitrogen and oxygen atoms in total. The number of hydrogen-bond acceptors (Lipinski definition) is 0. The van der Waals surface area contributed by atoms with E-state index >= 15 is 0 Å². The van der Waals surface area contributed by atoms with Crippen LogP contribution in [0.1, 0.15) is 320 Å². The summed E-state index contributed by atoms with van der Waals surface area (Å²) in [6.07, 6.45) is 39.1. The van der Waals surface area contributed by atoms with Crippen molar-refractivity contribution in [2.75, 3.05) is 0 Å². The summed E-state index contributed by atoms with van der Waals surface area (Å²) >= 11 is 0. The molecule has 0 heterocycles. The summed E-state index contributed by atoms with van der Waals surface area (Å²) in [5, 5.41) is 0. The minimum atomic E-state index is -0.678. The van der Waals surface area contributed by atoms with Crippen LogP contribution in [0.4, 0.5) is 30.7 Å². The molecule has 12 fully saturated rings. The number of hydrogen-bond donors (Lipinski definition) is 0. The van der Waals surface area contributed by atoms with Gasteiger partial charge < -0.3 is 65.7 Å². The molecule has 0 bridgehead atoms. The Morgan fingerprint density at radius 3 is 0.614 bits per heavy atom. The molecule has 27 atom stereocenters. The van der Waals surface area contributed by atoms with E-state index in [1.54, 1.807) is 0 Å². The quantitative estimate of drug-likeness (QED) is 0.205. The first-order valence-corrected chi connectivity index (χ1v) is 40.1. The van der Waals surface area contributed by atoms with E-state index in [0.717, 1.165) is 137 Å². The lowest BCUT2D eigenvalue weighted by atomic mass is 9.63. The van der Waals surface area contributed by atoms with Crippen LogP contribution in [0, 0.1) is 154 Å². The largest absolute Gasteiger partial charge is 0.412 e. The predicted octanol–water partition coefficient (Wildman–Crippen LogP) is 16.0. The molecule has 0 amide bonds. The molecule has 101 heavy (non-hydrogen) atoms. The van der Waals surface area contributed by atoms with Gasteiger partial charge in [-0.15, -0.1) is 0 Å². The highest BCUT2D eigenvalue weighted by Crippen LogP contribution is 2.53. The summed E-state index contributed by atoms with van der Waals surface area (Å²) in [5.41, 5.74) is 0. The van der Waals surface area contributed by atoms with Crippen LogP contribution in [0.3, 0.4) is 0 Å². The molecule has 0 aliphatic heterocycles. The third kappa shape index (κ3) is 29.4. The van der Waals surface area contributed by atoms with E-state index in [1.165, 1.54) is 128 Å². The van der Waals surface area contributed by atoms with E-state index in [0.29, 0.717) is 109 Å². The maximum absolute atomic E-state index is 14.9. The van der Waals surface area contributed by atoms with Crippen LogP contribution in [0.25, 0.3) is 0 Å². The van der Waals surface area contributed by atoms with Crippen molar-refractivity contribution in [1.29, 1.82) is 0 Å².